The van der Waals surface area contributed by atoms with Crippen molar-refractivity contribution in [2.24, 2.45) is 0 Å². The number of nitrogens with one attached hydrogen (secondary N) is 2. The van der Waals surface area contributed by atoms with Crippen LogP contribution < -0.4 is 10.6 Å². The summed E-state index contributed by atoms with van der Waals surface area (Å²) in [5.41, 5.74) is 0. The smallest absolute Gasteiger partial charge is 0.326 e. The van der Waals surface area contributed by atoms with Crippen molar-refractivity contribution in [2.75, 3.05) is 17.2 Å². The Morgan fingerprint density at radius 2 is 2.00 bits per heavy atom. The molecule has 3 N–H and O–H groups in total. The van der Waals surface area contributed by atoms with Crippen LogP contribution in [0.2, 0.25) is 5.28 Å². The molecule has 1 aromatic rings. The molecule has 0 fully saturated rings. The minimum atomic E-state index is -0.964. The molecule has 0 amide bonds. The highest BCUT2D eigenvalue weighted by molar-refractivity contribution is 6.28. The van der Waals surface area contributed by atoms with Crippen molar-refractivity contribution in [3.63, 3.8) is 0 Å². The Balaban J connectivity index is 2.86. The Labute approximate surface area is 104 Å². The lowest BCUT2D eigenvalue weighted by molar-refractivity contribution is -0.138. The topological polar surface area (TPSA) is 100 Å². The number of rotatable bonds is 6. The fourth-order valence-corrected chi connectivity index (χ4v) is 1.31. The molecule has 7 nitrogen and oxygen atoms in total. The van der Waals surface area contributed by atoms with E-state index in [0.29, 0.717) is 18.9 Å². The van der Waals surface area contributed by atoms with Crippen LogP contribution in [-0.2, 0) is 4.79 Å². The molecule has 8 heteroatoms. The quantitative estimate of drug-likeness (QED) is 0.706. The first kappa shape index (κ1) is 13.4. The molecule has 0 bridgehead atoms. The van der Waals surface area contributed by atoms with Crippen LogP contribution in [0.15, 0.2) is 0 Å². The standard InChI is InChI=1S/C9H14ClN5O2/c1-3-5(6(16)17)12-9-14-7(10)13-8(15-9)11-4-2/h5H,3-4H2,1-2H3,(H,16,17)(H2,11,12,13,14,15). The molecule has 0 saturated carbocycles. The van der Waals surface area contributed by atoms with Crippen LogP contribution in [0.1, 0.15) is 20.3 Å². The number of carboxylic acid groups (broad SMARTS) is 1. The van der Waals surface area contributed by atoms with E-state index >= 15 is 0 Å². The minimum absolute atomic E-state index is 0.0127. The van der Waals surface area contributed by atoms with Gasteiger partial charge in [0, 0.05) is 6.54 Å². The van der Waals surface area contributed by atoms with E-state index in [1.807, 2.05) is 6.92 Å². The zero-order valence-electron chi connectivity index (χ0n) is 9.57. The minimum Gasteiger partial charge on any atom is -0.480 e. The molecule has 0 aliphatic carbocycles. The zero-order chi connectivity index (χ0) is 12.8. The second-order valence-corrected chi connectivity index (χ2v) is 3.56. The van der Waals surface area contributed by atoms with E-state index in [9.17, 15) is 4.79 Å². The normalized spacial score (nSPS) is 11.9. The summed E-state index contributed by atoms with van der Waals surface area (Å²) < 4.78 is 0. The predicted molar refractivity (Wildman–Crippen MR) is 64.3 cm³/mol. The van der Waals surface area contributed by atoms with Gasteiger partial charge >= 0.3 is 5.97 Å². The van der Waals surface area contributed by atoms with Gasteiger partial charge < -0.3 is 15.7 Å². The van der Waals surface area contributed by atoms with Gasteiger partial charge in [-0.2, -0.15) is 15.0 Å². The first-order chi connectivity index (χ1) is 8.06. The number of carboxylic acids is 1. The van der Waals surface area contributed by atoms with Gasteiger partial charge in [-0.15, -0.1) is 0 Å². The molecule has 17 heavy (non-hydrogen) atoms. The molecule has 0 spiro atoms. The number of carbonyl (C=O) groups is 1. The fraction of sp³-hybridized carbons (Fsp3) is 0.556. The monoisotopic (exact) mass is 259 g/mol. The van der Waals surface area contributed by atoms with E-state index in [2.05, 4.69) is 25.6 Å². The summed E-state index contributed by atoms with van der Waals surface area (Å²) in [4.78, 5) is 22.5. The van der Waals surface area contributed by atoms with Crippen LogP contribution in [0.25, 0.3) is 0 Å². The summed E-state index contributed by atoms with van der Waals surface area (Å²) in [5.74, 6) is -0.500. The van der Waals surface area contributed by atoms with Gasteiger partial charge in [-0.05, 0) is 24.9 Å². The Morgan fingerprint density at radius 1 is 1.35 bits per heavy atom. The Hall–Kier alpha value is -1.63. The van der Waals surface area contributed by atoms with Gasteiger partial charge in [-0.25, -0.2) is 4.79 Å². The summed E-state index contributed by atoms with van der Waals surface area (Å²) in [5, 5.41) is 14.5. The van der Waals surface area contributed by atoms with Gasteiger partial charge in [0.05, 0.1) is 0 Å². The SMILES string of the molecule is CCNc1nc(Cl)nc(NC(CC)C(=O)O)n1. The first-order valence-corrected chi connectivity index (χ1v) is 5.59. The molecule has 1 rings (SSSR count). The number of halogens is 1. The van der Waals surface area contributed by atoms with Crippen molar-refractivity contribution in [1.82, 2.24) is 15.0 Å². The largest absolute Gasteiger partial charge is 0.480 e. The zero-order valence-corrected chi connectivity index (χ0v) is 10.3. The third kappa shape index (κ3) is 4.03. The number of hydrogen-bond donors (Lipinski definition) is 3. The lowest BCUT2D eigenvalue weighted by Crippen LogP contribution is -2.29. The van der Waals surface area contributed by atoms with E-state index in [1.165, 1.54) is 0 Å². The van der Waals surface area contributed by atoms with Crippen LogP contribution in [0.3, 0.4) is 0 Å². The van der Waals surface area contributed by atoms with Crippen LogP contribution in [0.4, 0.5) is 11.9 Å². The highest BCUT2D eigenvalue weighted by atomic mass is 35.5. The van der Waals surface area contributed by atoms with Gasteiger partial charge in [0.1, 0.15) is 6.04 Å². The van der Waals surface area contributed by atoms with Crippen LogP contribution in [0.5, 0.6) is 0 Å². The van der Waals surface area contributed by atoms with Gasteiger partial charge in [-0.3, -0.25) is 0 Å². The Morgan fingerprint density at radius 3 is 2.53 bits per heavy atom. The first-order valence-electron chi connectivity index (χ1n) is 5.21. The number of hydrogen-bond acceptors (Lipinski definition) is 6. The number of anilines is 2. The second-order valence-electron chi connectivity index (χ2n) is 3.23. The molecule has 1 unspecified atom stereocenters. The maximum atomic E-state index is 10.8. The van der Waals surface area contributed by atoms with E-state index in [0.717, 1.165) is 0 Å². The molecule has 1 aromatic heterocycles. The van der Waals surface area contributed by atoms with Crippen LogP contribution in [0, 0.1) is 0 Å². The highest BCUT2D eigenvalue weighted by Gasteiger charge is 2.16. The van der Waals surface area contributed by atoms with Gasteiger partial charge in [-0.1, -0.05) is 6.92 Å². The molecule has 0 aliphatic rings. The third-order valence-corrected chi connectivity index (χ3v) is 2.12. The van der Waals surface area contributed by atoms with Crippen molar-refractivity contribution in [3.05, 3.63) is 5.28 Å². The van der Waals surface area contributed by atoms with Gasteiger partial charge in [0.15, 0.2) is 0 Å². The number of aliphatic carboxylic acids is 1. The number of nitrogens with zero attached hydrogens (tertiary/aromatic N) is 3. The molecule has 0 aliphatic heterocycles. The van der Waals surface area contributed by atoms with Crippen LogP contribution in [-0.4, -0.2) is 38.6 Å². The lowest BCUT2D eigenvalue weighted by Gasteiger charge is -2.12. The second kappa shape index (κ2) is 6.19. The Bertz CT molecular complexity index is 401. The molecule has 1 atom stereocenters. The fourth-order valence-electron chi connectivity index (χ4n) is 1.15. The van der Waals surface area contributed by atoms with Crippen molar-refractivity contribution in [2.45, 2.75) is 26.3 Å². The van der Waals surface area contributed by atoms with E-state index in [1.54, 1.807) is 6.92 Å². The summed E-state index contributed by atoms with van der Waals surface area (Å²) in [6, 6.07) is -0.747. The summed E-state index contributed by atoms with van der Waals surface area (Å²) in [7, 11) is 0. The van der Waals surface area contributed by atoms with Crippen molar-refractivity contribution >= 4 is 29.5 Å². The van der Waals surface area contributed by atoms with E-state index in [4.69, 9.17) is 16.7 Å². The third-order valence-electron chi connectivity index (χ3n) is 1.95. The van der Waals surface area contributed by atoms with Gasteiger partial charge in [0.2, 0.25) is 17.2 Å². The maximum absolute atomic E-state index is 10.8. The van der Waals surface area contributed by atoms with E-state index in [-0.39, 0.29) is 11.2 Å². The predicted octanol–water partition coefficient (Wildman–Crippen LogP) is 1.23. The van der Waals surface area contributed by atoms with Crippen molar-refractivity contribution < 1.29 is 9.90 Å². The van der Waals surface area contributed by atoms with Crippen molar-refractivity contribution in [3.8, 4) is 0 Å². The average molecular weight is 260 g/mol. The highest BCUT2D eigenvalue weighted by Crippen LogP contribution is 2.11. The van der Waals surface area contributed by atoms with Crippen molar-refractivity contribution in [1.29, 1.82) is 0 Å². The van der Waals surface area contributed by atoms with Gasteiger partial charge in [0.25, 0.3) is 0 Å². The Kier molecular flexibility index (Phi) is 4.89. The number of aromatic nitrogens is 3. The summed E-state index contributed by atoms with van der Waals surface area (Å²) in [6.07, 6.45) is 0.412. The van der Waals surface area contributed by atoms with E-state index < -0.39 is 12.0 Å². The molecule has 94 valence electrons. The summed E-state index contributed by atoms with van der Waals surface area (Å²) >= 11 is 5.70. The molecular formula is C9H14ClN5O2. The lowest BCUT2D eigenvalue weighted by atomic mass is 10.2. The maximum Gasteiger partial charge on any atom is 0.326 e. The molecule has 1 heterocycles. The van der Waals surface area contributed by atoms with Crippen LogP contribution >= 0.6 is 11.6 Å². The summed E-state index contributed by atoms with van der Waals surface area (Å²) in [6.45, 7) is 4.27. The molecular weight excluding hydrogens is 246 g/mol. The molecule has 0 saturated heterocycles. The molecule has 0 aromatic carbocycles. The average Bonchev–Trinajstić information content (AvgIpc) is 2.25. The molecule has 0 radical (unpaired) electrons.